The maximum Gasteiger partial charge on any atom is 0.416 e. The summed E-state index contributed by atoms with van der Waals surface area (Å²) in [6, 6.07) is 36.1. The zero-order chi connectivity index (χ0) is 33.5. The van der Waals surface area contributed by atoms with E-state index in [0.717, 1.165) is 33.9 Å². The van der Waals surface area contributed by atoms with E-state index >= 15 is 0 Å². The van der Waals surface area contributed by atoms with Crippen LogP contribution >= 0.6 is 0 Å². The lowest BCUT2D eigenvalue weighted by atomic mass is 9.90. The highest BCUT2D eigenvalue weighted by molar-refractivity contribution is 5.82. The first-order valence-corrected chi connectivity index (χ1v) is 16.0. The van der Waals surface area contributed by atoms with Crippen LogP contribution in [-0.2, 0) is 36.9 Å². The van der Waals surface area contributed by atoms with Gasteiger partial charge in [0, 0.05) is 37.4 Å². The minimum atomic E-state index is -4.42. The van der Waals surface area contributed by atoms with Gasteiger partial charge in [0.1, 0.15) is 17.1 Å². The summed E-state index contributed by atoms with van der Waals surface area (Å²) in [5.41, 5.74) is 4.08. The first kappa shape index (κ1) is 32.8. The number of carbonyl (C=O) groups is 1. The van der Waals surface area contributed by atoms with Gasteiger partial charge in [-0.1, -0.05) is 84.9 Å². The van der Waals surface area contributed by atoms with Crippen LogP contribution in [0.1, 0.15) is 50.8 Å². The summed E-state index contributed by atoms with van der Waals surface area (Å²) >= 11 is 0. The van der Waals surface area contributed by atoms with Gasteiger partial charge in [-0.15, -0.1) is 0 Å². The van der Waals surface area contributed by atoms with Crippen molar-refractivity contribution in [1.82, 2.24) is 10.2 Å². The van der Waals surface area contributed by atoms with Gasteiger partial charge in [-0.05, 0) is 65.1 Å². The number of amides is 1. The van der Waals surface area contributed by atoms with Crippen LogP contribution in [0, 0.1) is 6.92 Å². The predicted molar refractivity (Wildman–Crippen MR) is 180 cm³/mol. The molecule has 6 rings (SSSR count). The molecule has 0 unspecified atom stereocenters. The highest BCUT2D eigenvalue weighted by Crippen LogP contribution is 2.34. The number of benzene rings is 4. The van der Waals surface area contributed by atoms with Crippen LogP contribution in [0.4, 0.5) is 13.2 Å². The van der Waals surface area contributed by atoms with Crippen molar-refractivity contribution in [3.63, 3.8) is 0 Å². The van der Waals surface area contributed by atoms with Crippen LogP contribution in [0.25, 0.3) is 11.0 Å². The molecule has 8 heteroatoms. The van der Waals surface area contributed by atoms with Crippen LogP contribution < -0.4 is 5.32 Å². The summed E-state index contributed by atoms with van der Waals surface area (Å²) < 4.78 is 53.0. The molecule has 0 saturated carbocycles. The van der Waals surface area contributed by atoms with Gasteiger partial charge in [-0.2, -0.15) is 13.2 Å². The van der Waals surface area contributed by atoms with Crippen molar-refractivity contribution >= 4 is 16.9 Å². The van der Waals surface area contributed by atoms with Crippen molar-refractivity contribution in [1.29, 1.82) is 0 Å². The first-order valence-electron chi connectivity index (χ1n) is 16.0. The number of rotatable bonds is 13. The summed E-state index contributed by atoms with van der Waals surface area (Å²) in [5, 5.41) is 3.79. The Morgan fingerprint density at radius 3 is 2.23 bits per heavy atom. The molecule has 0 aliphatic rings. The molecule has 1 N–H and O–H groups in total. The molecule has 0 spiro atoms. The largest absolute Gasteiger partial charge is 0.467 e. The van der Waals surface area contributed by atoms with Crippen molar-refractivity contribution in [3.05, 3.63) is 166 Å². The van der Waals surface area contributed by atoms with Gasteiger partial charge in [0.2, 0.25) is 5.91 Å². The van der Waals surface area contributed by atoms with Crippen LogP contribution in [0.3, 0.4) is 0 Å². The molecule has 0 saturated heterocycles. The van der Waals surface area contributed by atoms with Crippen LogP contribution in [0.15, 0.2) is 130 Å². The van der Waals surface area contributed by atoms with Gasteiger partial charge in [0.15, 0.2) is 0 Å². The fraction of sp³-hybridized carbons (Fsp3) is 0.225. The summed E-state index contributed by atoms with van der Waals surface area (Å²) in [4.78, 5) is 14.7. The van der Waals surface area contributed by atoms with Crippen molar-refractivity contribution in [2.24, 2.45) is 0 Å². The number of halogens is 3. The maximum absolute atomic E-state index is 13.8. The second kappa shape index (κ2) is 14.8. The Kier molecular flexibility index (Phi) is 10.1. The van der Waals surface area contributed by atoms with Crippen LogP contribution in [0.2, 0.25) is 0 Å². The first-order chi connectivity index (χ1) is 23.2. The van der Waals surface area contributed by atoms with Gasteiger partial charge in [0.05, 0.1) is 24.8 Å². The molecule has 246 valence electrons. The van der Waals surface area contributed by atoms with Gasteiger partial charge >= 0.3 is 6.18 Å². The van der Waals surface area contributed by atoms with Crippen molar-refractivity contribution in [2.45, 2.75) is 44.9 Å². The SMILES string of the molecule is Cc1c(CN(CCc2cc3ccc(CC(=O)NCc4ccco4)cc3o2)CC(c2ccccc2)c2ccccc2)cccc1C(F)(F)F. The lowest BCUT2D eigenvalue weighted by molar-refractivity contribution is -0.138. The van der Waals surface area contributed by atoms with Gasteiger partial charge < -0.3 is 14.2 Å². The van der Waals surface area contributed by atoms with E-state index in [1.54, 1.807) is 25.3 Å². The molecule has 0 aliphatic carbocycles. The number of hydrogen-bond acceptors (Lipinski definition) is 4. The third-order valence-corrected chi connectivity index (χ3v) is 8.70. The Bertz CT molecular complexity index is 1890. The van der Waals surface area contributed by atoms with E-state index in [9.17, 15) is 18.0 Å². The molecule has 2 heterocycles. The molecule has 0 atom stereocenters. The zero-order valence-corrected chi connectivity index (χ0v) is 26.7. The van der Waals surface area contributed by atoms with Gasteiger partial charge in [-0.25, -0.2) is 0 Å². The molecule has 1 amide bonds. The Morgan fingerprint density at radius 2 is 1.56 bits per heavy atom. The molecule has 4 aromatic carbocycles. The van der Waals surface area contributed by atoms with E-state index in [1.165, 1.54) is 6.07 Å². The molecule has 0 bridgehead atoms. The number of fused-ring (bicyclic) bond motifs is 1. The molecule has 0 radical (unpaired) electrons. The van der Waals surface area contributed by atoms with Gasteiger partial charge in [0.25, 0.3) is 0 Å². The fourth-order valence-corrected chi connectivity index (χ4v) is 6.15. The quantitative estimate of drug-likeness (QED) is 0.136. The molecule has 5 nitrogen and oxygen atoms in total. The van der Waals surface area contributed by atoms with E-state index < -0.39 is 11.7 Å². The number of nitrogens with one attached hydrogen (secondary N) is 1. The number of furan rings is 2. The zero-order valence-electron chi connectivity index (χ0n) is 26.7. The highest BCUT2D eigenvalue weighted by Gasteiger charge is 2.33. The third kappa shape index (κ3) is 8.25. The minimum absolute atomic E-state index is 0.00988. The van der Waals surface area contributed by atoms with Crippen molar-refractivity contribution in [3.8, 4) is 0 Å². The normalized spacial score (nSPS) is 11.9. The summed E-state index contributed by atoms with van der Waals surface area (Å²) in [6.07, 6.45) is -2.09. The van der Waals surface area contributed by atoms with E-state index in [2.05, 4.69) is 34.5 Å². The van der Waals surface area contributed by atoms with Gasteiger partial charge in [-0.3, -0.25) is 9.69 Å². The number of alkyl halides is 3. The Morgan fingerprint density at radius 1 is 0.833 bits per heavy atom. The summed E-state index contributed by atoms with van der Waals surface area (Å²) in [7, 11) is 0. The number of carbonyl (C=O) groups excluding carboxylic acids is 1. The highest BCUT2D eigenvalue weighted by atomic mass is 19.4. The Hall–Kier alpha value is -5.08. The molecule has 6 aromatic rings. The average Bonchev–Trinajstić information content (AvgIpc) is 3.76. The van der Waals surface area contributed by atoms with E-state index in [4.69, 9.17) is 8.83 Å². The average molecular weight is 651 g/mol. The molecule has 0 fully saturated rings. The van der Waals surface area contributed by atoms with Crippen LogP contribution in [0.5, 0.6) is 0 Å². The van der Waals surface area contributed by atoms with E-state index in [0.29, 0.717) is 49.5 Å². The molecule has 48 heavy (non-hydrogen) atoms. The predicted octanol–water partition coefficient (Wildman–Crippen LogP) is 9.09. The monoisotopic (exact) mass is 650 g/mol. The topological polar surface area (TPSA) is 58.6 Å². The molecular formula is C40H37F3N2O3. The second-order valence-electron chi connectivity index (χ2n) is 12.1. The van der Waals surface area contributed by atoms with Crippen LogP contribution in [-0.4, -0.2) is 23.9 Å². The maximum atomic E-state index is 13.8. The van der Waals surface area contributed by atoms with Crippen molar-refractivity contribution in [2.75, 3.05) is 13.1 Å². The lowest BCUT2D eigenvalue weighted by Crippen LogP contribution is -2.31. The lowest BCUT2D eigenvalue weighted by Gasteiger charge is -2.29. The third-order valence-electron chi connectivity index (χ3n) is 8.70. The Labute approximate surface area is 278 Å². The second-order valence-corrected chi connectivity index (χ2v) is 12.1. The smallest absolute Gasteiger partial charge is 0.416 e. The molecule has 2 aromatic heterocycles. The number of nitrogens with zero attached hydrogens (tertiary/aromatic N) is 1. The Balaban J connectivity index is 1.22. The van der Waals surface area contributed by atoms with E-state index in [-0.39, 0.29) is 23.8 Å². The summed E-state index contributed by atoms with van der Waals surface area (Å²) in [6.45, 7) is 3.39. The van der Waals surface area contributed by atoms with Crippen molar-refractivity contribution < 1.29 is 26.8 Å². The number of hydrogen-bond donors (Lipinski definition) is 1. The van der Waals surface area contributed by atoms with E-state index in [1.807, 2.05) is 66.7 Å². The molecule has 0 aliphatic heterocycles. The fourth-order valence-electron chi connectivity index (χ4n) is 6.15. The minimum Gasteiger partial charge on any atom is -0.467 e. The standard InChI is InChI=1S/C40H37F3N2O3/c1-28-33(14-8-16-37(28)40(41,42)43)26-45(27-36(30-10-4-2-5-11-30)31-12-6-3-7-13-31)20-19-34-24-32-18-17-29(22-38(32)48-34)23-39(46)44-25-35-15-9-21-47-35/h2-18,21-22,24,36H,19-20,23,25-27H2,1H3,(H,44,46). The summed E-state index contributed by atoms with van der Waals surface area (Å²) in [5.74, 6) is 1.34. The molecular weight excluding hydrogens is 613 g/mol.